The van der Waals surface area contributed by atoms with Gasteiger partial charge >= 0.3 is 18.7 Å². The first-order valence-electron chi connectivity index (χ1n) is 13.7. The molecule has 244 valence electrons. The minimum atomic E-state index is -5.02. The van der Waals surface area contributed by atoms with Crippen molar-refractivity contribution in [3.05, 3.63) is 131 Å². The molecule has 0 saturated heterocycles. The van der Waals surface area contributed by atoms with E-state index in [1.807, 2.05) is 0 Å². The molecule has 46 heavy (non-hydrogen) atoms. The van der Waals surface area contributed by atoms with Crippen LogP contribution in [-0.4, -0.2) is 24.6 Å². The van der Waals surface area contributed by atoms with Crippen molar-refractivity contribution in [3.8, 4) is 5.75 Å². The SMILES string of the molecule is C\C=C(/C(F)=C\C=C\C(=O)N(c1ccccc1)C(c1cc(F)cc(OC(F)(F)C(F)F)c1)c1ccc(F)c(C2CC2)c1)C(F)(F)F. The van der Waals surface area contributed by atoms with Gasteiger partial charge < -0.3 is 4.74 Å². The smallest absolute Gasteiger partial charge is 0.428 e. The lowest BCUT2D eigenvalue weighted by molar-refractivity contribution is -0.253. The van der Waals surface area contributed by atoms with Crippen LogP contribution < -0.4 is 9.64 Å². The molecular formula is C33H25F10NO2. The van der Waals surface area contributed by atoms with Crippen LogP contribution in [0.2, 0.25) is 0 Å². The Balaban J connectivity index is 1.89. The zero-order valence-electron chi connectivity index (χ0n) is 23.8. The van der Waals surface area contributed by atoms with E-state index in [2.05, 4.69) is 4.74 Å². The number of para-hydroxylation sites is 1. The Morgan fingerprint density at radius 1 is 0.935 bits per heavy atom. The molecule has 0 radical (unpaired) electrons. The quantitative estimate of drug-likeness (QED) is 0.117. The molecule has 3 nitrogen and oxygen atoms in total. The number of ether oxygens (including phenoxy) is 1. The minimum absolute atomic E-state index is 0.0953. The van der Waals surface area contributed by atoms with Gasteiger partial charge in [0.15, 0.2) is 0 Å². The lowest BCUT2D eigenvalue weighted by Crippen LogP contribution is -2.35. The molecule has 1 aliphatic rings. The molecule has 1 aliphatic carbocycles. The molecule has 1 amide bonds. The van der Waals surface area contributed by atoms with E-state index in [4.69, 9.17) is 0 Å². The molecule has 0 heterocycles. The largest absolute Gasteiger partial charge is 0.461 e. The first kappa shape index (κ1) is 34.3. The van der Waals surface area contributed by atoms with Crippen LogP contribution in [0.15, 0.2) is 102 Å². The fourth-order valence-electron chi connectivity index (χ4n) is 4.75. The fraction of sp³-hybridized carbons (Fsp3) is 0.242. The maximum absolute atomic E-state index is 14.9. The normalized spacial score (nSPS) is 15.4. The van der Waals surface area contributed by atoms with Crippen LogP contribution in [0.1, 0.15) is 48.4 Å². The summed E-state index contributed by atoms with van der Waals surface area (Å²) in [6.07, 6.45) is -10.7. The van der Waals surface area contributed by atoms with Crippen molar-refractivity contribution in [2.45, 2.75) is 50.4 Å². The lowest BCUT2D eigenvalue weighted by Gasteiger charge is -2.33. The molecule has 3 aromatic carbocycles. The fourth-order valence-corrected chi connectivity index (χ4v) is 4.75. The minimum Gasteiger partial charge on any atom is -0.428 e. The number of rotatable bonds is 11. The van der Waals surface area contributed by atoms with Crippen molar-refractivity contribution in [3.63, 3.8) is 0 Å². The van der Waals surface area contributed by atoms with Crippen molar-refractivity contribution in [1.82, 2.24) is 0 Å². The van der Waals surface area contributed by atoms with Crippen molar-refractivity contribution >= 4 is 11.6 Å². The lowest BCUT2D eigenvalue weighted by atomic mass is 9.93. The summed E-state index contributed by atoms with van der Waals surface area (Å²) in [5, 5.41) is 0. The number of hydrogen-bond acceptors (Lipinski definition) is 2. The van der Waals surface area contributed by atoms with Gasteiger partial charge in [-0.15, -0.1) is 0 Å². The second-order valence-electron chi connectivity index (χ2n) is 10.3. The third-order valence-electron chi connectivity index (χ3n) is 6.93. The summed E-state index contributed by atoms with van der Waals surface area (Å²) in [4.78, 5) is 14.8. The highest BCUT2D eigenvalue weighted by molar-refractivity contribution is 6.02. The van der Waals surface area contributed by atoms with Crippen LogP contribution in [0, 0.1) is 11.6 Å². The highest BCUT2D eigenvalue weighted by Gasteiger charge is 2.44. The van der Waals surface area contributed by atoms with Gasteiger partial charge in [0, 0.05) is 17.8 Å². The Morgan fingerprint density at radius 2 is 1.61 bits per heavy atom. The van der Waals surface area contributed by atoms with Gasteiger partial charge in [0.25, 0.3) is 5.91 Å². The Labute approximate surface area is 257 Å². The number of anilines is 1. The Bertz CT molecular complexity index is 1640. The van der Waals surface area contributed by atoms with Gasteiger partial charge in [-0.3, -0.25) is 9.69 Å². The summed E-state index contributed by atoms with van der Waals surface area (Å²) in [6, 6.07) is 11.7. The number of benzene rings is 3. The summed E-state index contributed by atoms with van der Waals surface area (Å²) in [5.74, 6) is -5.66. The van der Waals surface area contributed by atoms with Gasteiger partial charge in [0.05, 0.1) is 11.6 Å². The standard InChI is InChI=1S/C33H25F10NO2/c1-2-26(32(39,40)41)28(36)9-6-10-29(45)44(23-7-4-3-5-8-23)30(20-13-14-27(35)25(17-20)19-11-12-19)21-15-22(34)18-24(16-21)46-33(42,43)31(37)38/h2-10,13-19,30-31H,11-12H2,1H3/b10-6+,26-2+,28-9+. The van der Waals surface area contributed by atoms with Crippen molar-refractivity contribution in [1.29, 1.82) is 0 Å². The zero-order valence-corrected chi connectivity index (χ0v) is 23.8. The number of amides is 1. The van der Waals surface area contributed by atoms with Crippen LogP contribution >= 0.6 is 0 Å². The third kappa shape index (κ3) is 8.18. The summed E-state index contributed by atoms with van der Waals surface area (Å²) in [6.45, 7) is 0.972. The topological polar surface area (TPSA) is 29.5 Å². The highest BCUT2D eigenvalue weighted by Crippen LogP contribution is 2.44. The molecule has 1 fully saturated rings. The van der Waals surface area contributed by atoms with Crippen molar-refractivity contribution in [2.24, 2.45) is 0 Å². The number of alkyl halides is 7. The molecule has 1 saturated carbocycles. The molecule has 0 spiro atoms. The number of carbonyl (C=O) groups is 1. The summed E-state index contributed by atoms with van der Waals surface area (Å²) >= 11 is 0. The van der Waals surface area contributed by atoms with E-state index in [1.165, 1.54) is 36.4 Å². The summed E-state index contributed by atoms with van der Waals surface area (Å²) < 4.78 is 141. The molecule has 0 N–H and O–H groups in total. The maximum atomic E-state index is 14.9. The molecule has 13 heteroatoms. The van der Waals surface area contributed by atoms with Crippen molar-refractivity contribution < 1.29 is 53.4 Å². The summed E-state index contributed by atoms with van der Waals surface area (Å²) in [7, 11) is 0. The second-order valence-corrected chi connectivity index (χ2v) is 10.3. The predicted octanol–water partition coefficient (Wildman–Crippen LogP) is 10.1. The first-order chi connectivity index (χ1) is 21.6. The van der Waals surface area contributed by atoms with Gasteiger partial charge in [-0.05, 0) is 78.8 Å². The van der Waals surface area contributed by atoms with Gasteiger partial charge in [-0.25, -0.2) is 13.2 Å². The zero-order chi connectivity index (χ0) is 33.8. The average molecular weight is 658 g/mol. The monoisotopic (exact) mass is 657 g/mol. The van der Waals surface area contributed by atoms with Crippen LogP contribution in [0.25, 0.3) is 0 Å². The number of allylic oxidation sites excluding steroid dienone is 5. The number of carbonyl (C=O) groups excluding carboxylic acids is 1. The molecule has 0 aliphatic heterocycles. The van der Waals surface area contributed by atoms with E-state index in [9.17, 15) is 48.7 Å². The van der Waals surface area contributed by atoms with Crippen LogP contribution in [0.4, 0.5) is 49.6 Å². The molecule has 3 aromatic rings. The maximum Gasteiger partial charge on any atom is 0.461 e. The number of nitrogens with zero attached hydrogens (tertiary/aromatic N) is 1. The molecule has 0 aromatic heterocycles. The van der Waals surface area contributed by atoms with Crippen LogP contribution in [-0.2, 0) is 4.79 Å². The van der Waals surface area contributed by atoms with Gasteiger partial charge in [-0.1, -0.05) is 42.5 Å². The molecule has 1 atom stereocenters. The van der Waals surface area contributed by atoms with Crippen molar-refractivity contribution in [2.75, 3.05) is 4.90 Å². The highest BCUT2D eigenvalue weighted by atomic mass is 19.4. The van der Waals surface area contributed by atoms with E-state index in [-0.39, 0.29) is 28.3 Å². The molecule has 1 unspecified atom stereocenters. The third-order valence-corrected chi connectivity index (χ3v) is 6.93. The first-order valence-corrected chi connectivity index (χ1v) is 13.7. The van der Waals surface area contributed by atoms with E-state index < -0.39 is 59.4 Å². The Morgan fingerprint density at radius 3 is 2.20 bits per heavy atom. The predicted molar refractivity (Wildman–Crippen MR) is 150 cm³/mol. The Hall–Kier alpha value is -4.55. The Kier molecular flexibility index (Phi) is 10.3. The average Bonchev–Trinajstić information content (AvgIpc) is 3.81. The van der Waals surface area contributed by atoms with Crippen LogP contribution in [0.3, 0.4) is 0 Å². The molecule has 4 rings (SSSR count). The number of hydrogen-bond donors (Lipinski definition) is 0. The van der Waals surface area contributed by atoms with E-state index in [0.717, 1.165) is 36.1 Å². The van der Waals surface area contributed by atoms with Gasteiger partial charge in [0.2, 0.25) is 0 Å². The van der Waals surface area contributed by atoms with E-state index in [1.54, 1.807) is 6.07 Å². The van der Waals surface area contributed by atoms with E-state index in [0.29, 0.717) is 37.1 Å². The molecule has 0 bridgehead atoms. The second kappa shape index (κ2) is 13.8. The van der Waals surface area contributed by atoms with Gasteiger partial charge in [-0.2, -0.15) is 30.7 Å². The van der Waals surface area contributed by atoms with Gasteiger partial charge in [0.1, 0.15) is 23.2 Å². The van der Waals surface area contributed by atoms with E-state index >= 15 is 0 Å². The molecular weight excluding hydrogens is 632 g/mol. The van der Waals surface area contributed by atoms with Crippen LogP contribution in [0.5, 0.6) is 5.75 Å². The summed E-state index contributed by atoms with van der Waals surface area (Å²) in [5.41, 5.74) is -1.37. The number of halogens is 10.